The van der Waals surface area contributed by atoms with E-state index >= 15 is 0 Å². The Balaban J connectivity index is 1.75. The Morgan fingerprint density at radius 1 is 0.484 bits per heavy atom. The summed E-state index contributed by atoms with van der Waals surface area (Å²) >= 11 is 0. The Labute approximate surface area is 178 Å². The second kappa shape index (κ2) is 7.69. The highest BCUT2D eigenvalue weighted by atomic mass is 19.1. The third-order valence-electron chi connectivity index (χ3n) is 5.46. The summed E-state index contributed by atoms with van der Waals surface area (Å²) in [7, 11) is 0. The summed E-state index contributed by atoms with van der Waals surface area (Å²) in [5, 5.41) is 11.8. The number of hydrogen-bond donors (Lipinski definition) is 1. The molecule has 0 amide bonds. The maximum absolute atomic E-state index is 13.5. The predicted molar refractivity (Wildman–Crippen MR) is 122 cm³/mol. The monoisotopic (exact) mass is 408 g/mol. The van der Waals surface area contributed by atoms with Crippen LogP contribution in [-0.2, 0) is 0 Å². The topological polar surface area (TPSA) is 20.2 Å². The second-order valence-corrected chi connectivity index (χ2v) is 7.52. The van der Waals surface area contributed by atoms with Crippen molar-refractivity contribution in [1.82, 2.24) is 0 Å². The van der Waals surface area contributed by atoms with Crippen molar-refractivity contribution in [1.29, 1.82) is 0 Å². The zero-order valence-electron chi connectivity index (χ0n) is 16.5. The average molecular weight is 408 g/mol. The maximum Gasteiger partial charge on any atom is 0.123 e. The lowest BCUT2D eigenvalue weighted by Gasteiger charge is -2.13. The molecule has 0 spiro atoms. The molecule has 5 aromatic carbocycles. The van der Waals surface area contributed by atoms with Gasteiger partial charge in [-0.1, -0.05) is 48.5 Å². The van der Waals surface area contributed by atoms with Crippen LogP contribution in [0.1, 0.15) is 0 Å². The van der Waals surface area contributed by atoms with E-state index in [0.29, 0.717) is 0 Å². The lowest BCUT2D eigenvalue weighted by molar-refractivity contribution is 0.476. The molecule has 1 nitrogen and oxygen atoms in total. The van der Waals surface area contributed by atoms with Crippen molar-refractivity contribution < 1.29 is 13.9 Å². The molecule has 5 rings (SSSR count). The fraction of sp³-hybridized carbons (Fsp3) is 0. The van der Waals surface area contributed by atoms with Gasteiger partial charge in [-0.25, -0.2) is 8.78 Å². The van der Waals surface area contributed by atoms with Crippen LogP contribution in [0, 0.1) is 11.6 Å². The minimum atomic E-state index is -0.285. The number of halogens is 2. The molecule has 150 valence electrons. The molecular formula is C28H18F2O. The van der Waals surface area contributed by atoms with Crippen molar-refractivity contribution in [2.24, 2.45) is 0 Å². The van der Waals surface area contributed by atoms with Gasteiger partial charge >= 0.3 is 0 Å². The quantitative estimate of drug-likeness (QED) is 0.323. The third kappa shape index (κ3) is 3.78. The first-order chi connectivity index (χ1) is 15.1. The first-order valence-electron chi connectivity index (χ1n) is 9.96. The minimum absolute atomic E-state index is 0.219. The van der Waals surface area contributed by atoms with Gasteiger partial charge in [0.2, 0.25) is 0 Å². The van der Waals surface area contributed by atoms with E-state index in [1.165, 1.54) is 24.3 Å². The molecule has 0 fully saturated rings. The van der Waals surface area contributed by atoms with Crippen molar-refractivity contribution in [3.63, 3.8) is 0 Å². The van der Waals surface area contributed by atoms with Crippen molar-refractivity contribution in [3.8, 4) is 39.1 Å². The van der Waals surface area contributed by atoms with Gasteiger partial charge in [0.15, 0.2) is 0 Å². The van der Waals surface area contributed by atoms with E-state index < -0.39 is 0 Å². The molecule has 0 bridgehead atoms. The zero-order chi connectivity index (χ0) is 21.4. The van der Waals surface area contributed by atoms with Crippen molar-refractivity contribution >= 4 is 10.8 Å². The summed E-state index contributed by atoms with van der Waals surface area (Å²) in [6, 6.07) is 30.2. The SMILES string of the molecule is Oc1ccc2c(-c3cc(-c4ccc(F)cc4)cc(-c4ccc(F)cc4)c3)cccc2c1. The Morgan fingerprint density at radius 2 is 1.03 bits per heavy atom. The Bertz CT molecular complexity index is 1320. The number of aromatic hydroxyl groups is 1. The van der Waals surface area contributed by atoms with Gasteiger partial charge in [-0.3, -0.25) is 0 Å². The lowest BCUT2D eigenvalue weighted by Crippen LogP contribution is -1.88. The van der Waals surface area contributed by atoms with E-state index in [4.69, 9.17) is 0 Å². The van der Waals surface area contributed by atoms with E-state index in [9.17, 15) is 13.9 Å². The molecule has 0 heterocycles. The van der Waals surface area contributed by atoms with Gasteiger partial charge in [-0.15, -0.1) is 0 Å². The Morgan fingerprint density at radius 3 is 1.61 bits per heavy atom. The van der Waals surface area contributed by atoms with Crippen LogP contribution in [0.2, 0.25) is 0 Å². The highest BCUT2D eigenvalue weighted by Crippen LogP contribution is 2.36. The van der Waals surface area contributed by atoms with Crippen LogP contribution in [0.3, 0.4) is 0 Å². The molecule has 31 heavy (non-hydrogen) atoms. The van der Waals surface area contributed by atoms with Gasteiger partial charge in [-0.2, -0.15) is 0 Å². The normalized spacial score (nSPS) is 11.0. The van der Waals surface area contributed by atoms with Crippen LogP contribution in [-0.4, -0.2) is 5.11 Å². The molecule has 0 radical (unpaired) electrons. The number of phenolic OH excluding ortho intramolecular Hbond substituents is 1. The first kappa shape index (κ1) is 19.0. The molecule has 5 aromatic rings. The molecule has 0 aromatic heterocycles. The van der Waals surface area contributed by atoms with E-state index in [0.717, 1.165) is 44.2 Å². The van der Waals surface area contributed by atoms with Gasteiger partial charge in [-0.05, 0) is 98.8 Å². The molecule has 0 saturated carbocycles. The lowest BCUT2D eigenvalue weighted by atomic mass is 9.91. The van der Waals surface area contributed by atoms with E-state index in [-0.39, 0.29) is 17.4 Å². The number of rotatable bonds is 3. The molecular weight excluding hydrogens is 390 g/mol. The maximum atomic E-state index is 13.5. The van der Waals surface area contributed by atoms with Crippen molar-refractivity contribution in [2.75, 3.05) is 0 Å². The highest BCUT2D eigenvalue weighted by Gasteiger charge is 2.10. The minimum Gasteiger partial charge on any atom is -0.508 e. The molecule has 0 aliphatic carbocycles. The molecule has 1 N–H and O–H groups in total. The Kier molecular flexibility index (Phi) is 4.72. The number of phenols is 1. The molecule has 0 unspecified atom stereocenters. The van der Waals surface area contributed by atoms with Crippen molar-refractivity contribution in [3.05, 3.63) is 115 Å². The summed E-state index contributed by atoms with van der Waals surface area (Å²) in [5.41, 5.74) is 5.66. The predicted octanol–water partition coefficient (Wildman–Crippen LogP) is 7.82. The summed E-state index contributed by atoms with van der Waals surface area (Å²) in [6.45, 7) is 0. The third-order valence-corrected chi connectivity index (χ3v) is 5.46. The van der Waals surface area contributed by atoms with Gasteiger partial charge in [0, 0.05) is 0 Å². The molecule has 0 saturated heterocycles. The molecule has 0 aliphatic rings. The highest BCUT2D eigenvalue weighted by molar-refractivity contribution is 5.98. The van der Waals surface area contributed by atoms with Crippen LogP contribution in [0.25, 0.3) is 44.2 Å². The van der Waals surface area contributed by atoms with Crippen LogP contribution in [0.4, 0.5) is 8.78 Å². The summed E-state index contributed by atoms with van der Waals surface area (Å²) in [5.74, 6) is -0.350. The fourth-order valence-electron chi connectivity index (χ4n) is 3.92. The molecule has 3 heteroatoms. The van der Waals surface area contributed by atoms with Gasteiger partial charge in [0.05, 0.1) is 0 Å². The summed E-state index contributed by atoms with van der Waals surface area (Å²) < 4.78 is 27.0. The van der Waals surface area contributed by atoms with Crippen LogP contribution in [0.15, 0.2) is 103 Å². The second-order valence-electron chi connectivity index (χ2n) is 7.52. The number of fused-ring (bicyclic) bond motifs is 1. The largest absolute Gasteiger partial charge is 0.508 e. The van der Waals surface area contributed by atoms with Crippen molar-refractivity contribution in [2.45, 2.75) is 0 Å². The smallest absolute Gasteiger partial charge is 0.123 e. The average Bonchev–Trinajstić information content (AvgIpc) is 2.79. The summed E-state index contributed by atoms with van der Waals surface area (Å²) in [6.07, 6.45) is 0. The number of hydrogen-bond acceptors (Lipinski definition) is 1. The molecule has 0 atom stereocenters. The summed E-state index contributed by atoms with van der Waals surface area (Å²) in [4.78, 5) is 0. The standard InChI is InChI=1S/C28H18F2O/c29-24-8-4-18(5-9-24)21-14-22(19-6-10-25(30)11-7-19)16-23(15-21)27-3-1-2-20-17-26(31)12-13-28(20)27/h1-17,31H. The fourth-order valence-corrected chi connectivity index (χ4v) is 3.92. The van der Waals surface area contributed by atoms with Crippen LogP contribution >= 0.6 is 0 Å². The van der Waals surface area contributed by atoms with E-state index in [2.05, 4.69) is 12.1 Å². The first-order valence-corrected chi connectivity index (χ1v) is 9.96. The van der Waals surface area contributed by atoms with E-state index in [1.54, 1.807) is 36.4 Å². The molecule has 0 aliphatic heterocycles. The zero-order valence-corrected chi connectivity index (χ0v) is 16.5. The van der Waals surface area contributed by atoms with Gasteiger partial charge in [0.1, 0.15) is 17.4 Å². The van der Waals surface area contributed by atoms with Crippen LogP contribution in [0.5, 0.6) is 5.75 Å². The van der Waals surface area contributed by atoms with Gasteiger partial charge < -0.3 is 5.11 Å². The van der Waals surface area contributed by atoms with Gasteiger partial charge in [0.25, 0.3) is 0 Å². The number of benzene rings is 5. The van der Waals surface area contributed by atoms with Crippen LogP contribution < -0.4 is 0 Å². The van der Waals surface area contributed by atoms with E-state index in [1.807, 2.05) is 30.3 Å². The Hall–Kier alpha value is -3.98.